The fraction of sp³-hybridized carbons (Fsp3) is 0.538. The van der Waals surface area contributed by atoms with Crippen molar-refractivity contribution in [3.05, 3.63) is 11.4 Å². The molecule has 2 heterocycles. The Hall–Kier alpha value is -2.38. The Balaban J connectivity index is 2.34. The zero-order valence-corrected chi connectivity index (χ0v) is 12.3. The Morgan fingerprint density at radius 2 is 2.10 bits per heavy atom. The summed E-state index contributed by atoms with van der Waals surface area (Å²) in [6, 6.07) is 0. The molecular formula is C13H19N5O3. The quantitative estimate of drug-likeness (QED) is 0.668. The molecular weight excluding hydrogens is 274 g/mol. The third kappa shape index (κ3) is 2.48. The molecule has 0 spiro atoms. The number of carbonyl (C=O) groups excluding carboxylic acids is 3. The van der Waals surface area contributed by atoms with Gasteiger partial charge in [0.15, 0.2) is 5.69 Å². The molecule has 1 aromatic heterocycles. The molecule has 0 saturated carbocycles. The van der Waals surface area contributed by atoms with Crippen LogP contribution in [-0.2, 0) is 16.0 Å². The maximum atomic E-state index is 12.6. The highest BCUT2D eigenvalue weighted by Gasteiger charge is 2.44. The molecule has 3 amide bonds. The number of hydrogen-bond donors (Lipinski definition) is 3. The van der Waals surface area contributed by atoms with Gasteiger partial charge in [-0.2, -0.15) is 5.10 Å². The Morgan fingerprint density at radius 3 is 2.71 bits per heavy atom. The van der Waals surface area contributed by atoms with E-state index in [0.717, 1.165) is 6.42 Å². The van der Waals surface area contributed by atoms with Gasteiger partial charge in [0.25, 0.3) is 11.8 Å². The van der Waals surface area contributed by atoms with Crippen LogP contribution >= 0.6 is 0 Å². The van der Waals surface area contributed by atoms with Gasteiger partial charge >= 0.3 is 0 Å². The third-order valence-corrected chi connectivity index (χ3v) is 3.62. The summed E-state index contributed by atoms with van der Waals surface area (Å²) >= 11 is 0. The smallest absolute Gasteiger partial charge is 0.277 e. The molecule has 1 saturated heterocycles. The number of nitrogens with zero attached hydrogens (tertiary/aromatic N) is 2. The van der Waals surface area contributed by atoms with Gasteiger partial charge in [-0.3, -0.25) is 24.8 Å². The van der Waals surface area contributed by atoms with Crippen LogP contribution in [0.3, 0.4) is 0 Å². The van der Waals surface area contributed by atoms with Gasteiger partial charge in [0.05, 0.1) is 11.4 Å². The van der Waals surface area contributed by atoms with E-state index in [9.17, 15) is 14.4 Å². The first kappa shape index (κ1) is 15.0. The molecule has 1 aliphatic rings. The van der Waals surface area contributed by atoms with E-state index in [1.165, 1.54) is 4.90 Å². The number of carbonyl (C=O) groups is 3. The number of aromatic nitrogens is 2. The standard InChI is InChI=1S/C13H19N5O3/c1-4-5-7-9(14)10(17-16-7)11(20)18-6-8(19)15-12(21)13(18,2)3/h4-6,14H2,1-3H3,(H,16,17)(H,15,19,21). The summed E-state index contributed by atoms with van der Waals surface area (Å²) in [5.74, 6) is -1.56. The van der Waals surface area contributed by atoms with E-state index < -0.39 is 23.3 Å². The molecule has 4 N–H and O–H groups in total. The molecule has 1 aliphatic heterocycles. The molecule has 0 aromatic carbocycles. The molecule has 1 aromatic rings. The Kier molecular flexibility index (Phi) is 3.71. The molecule has 1 fully saturated rings. The predicted molar refractivity (Wildman–Crippen MR) is 75.3 cm³/mol. The number of nitrogens with two attached hydrogens (primary N) is 1. The molecule has 0 unspecified atom stereocenters. The maximum absolute atomic E-state index is 12.6. The van der Waals surface area contributed by atoms with E-state index in [4.69, 9.17) is 5.73 Å². The average Bonchev–Trinajstić information content (AvgIpc) is 2.76. The minimum Gasteiger partial charge on any atom is -0.395 e. The van der Waals surface area contributed by atoms with Gasteiger partial charge in [-0.15, -0.1) is 0 Å². The van der Waals surface area contributed by atoms with E-state index in [2.05, 4.69) is 15.5 Å². The lowest BCUT2D eigenvalue weighted by Gasteiger charge is -2.39. The SMILES string of the molecule is CCCc1[nH]nc(C(=O)N2CC(=O)NC(=O)C2(C)C)c1N. The highest BCUT2D eigenvalue weighted by atomic mass is 16.2. The first-order chi connectivity index (χ1) is 9.78. The van der Waals surface area contributed by atoms with Crippen LogP contribution < -0.4 is 11.1 Å². The summed E-state index contributed by atoms with van der Waals surface area (Å²) in [5.41, 5.74) is 5.80. The third-order valence-electron chi connectivity index (χ3n) is 3.62. The largest absolute Gasteiger partial charge is 0.395 e. The fourth-order valence-electron chi connectivity index (χ4n) is 2.23. The van der Waals surface area contributed by atoms with Crippen LogP contribution in [0, 0.1) is 0 Å². The fourth-order valence-corrected chi connectivity index (χ4v) is 2.23. The predicted octanol–water partition coefficient (Wildman–Crippen LogP) is -0.178. The second-order valence-electron chi connectivity index (χ2n) is 5.54. The van der Waals surface area contributed by atoms with Crippen molar-refractivity contribution >= 4 is 23.4 Å². The van der Waals surface area contributed by atoms with Gasteiger partial charge in [0.2, 0.25) is 5.91 Å². The van der Waals surface area contributed by atoms with E-state index in [-0.39, 0.29) is 17.9 Å². The zero-order valence-electron chi connectivity index (χ0n) is 12.3. The number of nitrogens with one attached hydrogen (secondary N) is 2. The van der Waals surface area contributed by atoms with E-state index >= 15 is 0 Å². The maximum Gasteiger partial charge on any atom is 0.277 e. The van der Waals surface area contributed by atoms with Crippen LogP contribution in [0.4, 0.5) is 5.69 Å². The van der Waals surface area contributed by atoms with Crippen LogP contribution in [0.25, 0.3) is 0 Å². The number of anilines is 1. The molecule has 8 heteroatoms. The number of aryl methyl sites for hydroxylation is 1. The van der Waals surface area contributed by atoms with Crippen molar-refractivity contribution < 1.29 is 14.4 Å². The van der Waals surface area contributed by atoms with Crippen LogP contribution in [0.2, 0.25) is 0 Å². The van der Waals surface area contributed by atoms with Crippen LogP contribution in [0.15, 0.2) is 0 Å². The van der Waals surface area contributed by atoms with Gasteiger partial charge in [-0.05, 0) is 20.3 Å². The minimum absolute atomic E-state index is 0.0500. The summed E-state index contributed by atoms with van der Waals surface area (Å²) in [6.45, 7) is 4.93. The molecule has 0 aliphatic carbocycles. The number of rotatable bonds is 3. The number of H-pyrrole nitrogens is 1. The van der Waals surface area contributed by atoms with E-state index in [0.29, 0.717) is 12.1 Å². The van der Waals surface area contributed by atoms with Gasteiger partial charge in [-0.1, -0.05) is 13.3 Å². The lowest BCUT2D eigenvalue weighted by Crippen LogP contribution is -2.65. The molecule has 8 nitrogen and oxygen atoms in total. The van der Waals surface area contributed by atoms with Crippen molar-refractivity contribution in [3.8, 4) is 0 Å². The molecule has 0 radical (unpaired) electrons. The number of aromatic amines is 1. The Morgan fingerprint density at radius 1 is 1.43 bits per heavy atom. The molecule has 114 valence electrons. The molecule has 0 atom stereocenters. The van der Waals surface area contributed by atoms with Crippen LogP contribution in [0.1, 0.15) is 43.4 Å². The van der Waals surface area contributed by atoms with E-state index in [1.54, 1.807) is 13.8 Å². The first-order valence-electron chi connectivity index (χ1n) is 6.78. The molecule has 0 bridgehead atoms. The highest BCUT2D eigenvalue weighted by molar-refractivity contribution is 6.09. The summed E-state index contributed by atoms with van der Waals surface area (Å²) in [5, 5.41) is 8.89. The summed E-state index contributed by atoms with van der Waals surface area (Å²) < 4.78 is 0. The Bertz CT molecular complexity index is 605. The van der Waals surface area contributed by atoms with Gasteiger partial charge < -0.3 is 10.6 Å². The monoisotopic (exact) mass is 293 g/mol. The zero-order chi connectivity index (χ0) is 15.8. The van der Waals surface area contributed by atoms with Gasteiger partial charge in [0.1, 0.15) is 12.1 Å². The number of imide groups is 1. The number of amides is 3. The average molecular weight is 293 g/mol. The molecule has 2 rings (SSSR count). The van der Waals surface area contributed by atoms with Crippen molar-refractivity contribution in [2.24, 2.45) is 0 Å². The number of hydrogen-bond acceptors (Lipinski definition) is 5. The van der Waals surface area contributed by atoms with Gasteiger partial charge in [-0.25, -0.2) is 0 Å². The number of nitrogen functional groups attached to an aromatic ring is 1. The van der Waals surface area contributed by atoms with Crippen LogP contribution in [0.5, 0.6) is 0 Å². The normalized spacial score (nSPS) is 17.8. The Labute approximate surface area is 122 Å². The number of piperazine rings is 1. The van der Waals surface area contributed by atoms with Crippen LogP contribution in [-0.4, -0.2) is 44.9 Å². The summed E-state index contributed by atoms with van der Waals surface area (Å²) in [6.07, 6.45) is 1.53. The lowest BCUT2D eigenvalue weighted by molar-refractivity contribution is -0.143. The molecule has 21 heavy (non-hydrogen) atoms. The highest BCUT2D eigenvalue weighted by Crippen LogP contribution is 2.24. The van der Waals surface area contributed by atoms with E-state index in [1.807, 2.05) is 6.92 Å². The van der Waals surface area contributed by atoms with Crippen molar-refractivity contribution in [3.63, 3.8) is 0 Å². The minimum atomic E-state index is -1.14. The van der Waals surface area contributed by atoms with Crippen molar-refractivity contribution in [2.45, 2.75) is 39.2 Å². The van der Waals surface area contributed by atoms with Crippen molar-refractivity contribution in [1.82, 2.24) is 20.4 Å². The lowest BCUT2D eigenvalue weighted by atomic mass is 9.98. The summed E-state index contributed by atoms with van der Waals surface area (Å²) in [7, 11) is 0. The van der Waals surface area contributed by atoms with Gasteiger partial charge in [0, 0.05) is 0 Å². The second kappa shape index (κ2) is 5.19. The first-order valence-corrected chi connectivity index (χ1v) is 6.78. The topological polar surface area (TPSA) is 121 Å². The van der Waals surface area contributed by atoms with Crippen molar-refractivity contribution in [1.29, 1.82) is 0 Å². The second-order valence-corrected chi connectivity index (χ2v) is 5.54. The van der Waals surface area contributed by atoms with Crippen molar-refractivity contribution in [2.75, 3.05) is 12.3 Å². The summed E-state index contributed by atoms with van der Waals surface area (Å²) in [4.78, 5) is 37.2.